The van der Waals surface area contributed by atoms with Gasteiger partial charge in [-0.15, -0.1) is 0 Å². The van der Waals surface area contributed by atoms with Crippen LogP contribution in [0.2, 0.25) is 0 Å². The number of aromatic nitrogens is 1. The molecule has 0 aliphatic rings. The molecule has 0 spiro atoms. The van der Waals surface area contributed by atoms with E-state index in [0.717, 1.165) is 12.2 Å². The molecule has 1 aromatic carbocycles. The maximum absolute atomic E-state index is 5.64. The first-order chi connectivity index (χ1) is 8.28. The number of ether oxygens (including phenoxy) is 1. The van der Waals surface area contributed by atoms with Crippen LogP contribution in [0.25, 0.3) is 0 Å². The highest BCUT2D eigenvalue weighted by atomic mass is 16.5. The van der Waals surface area contributed by atoms with Crippen molar-refractivity contribution >= 4 is 5.82 Å². The molecule has 2 aromatic rings. The van der Waals surface area contributed by atoms with Gasteiger partial charge in [0.25, 0.3) is 0 Å². The van der Waals surface area contributed by atoms with Crippen LogP contribution in [-0.2, 0) is 6.42 Å². The Kier molecular flexibility index (Phi) is 3.60. The molecule has 0 atom stereocenters. The molecule has 3 heteroatoms. The molecule has 3 nitrogen and oxygen atoms in total. The third-order valence-corrected chi connectivity index (χ3v) is 2.49. The number of nitrogens with two attached hydrogens (primary N) is 1. The topological polar surface area (TPSA) is 48.1 Å². The van der Waals surface area contributed by atoms with E-state index in [-0.39, 0.29) is 0 Å². The lowest BCUT2D eigenvalue weighted by Crippen LogP contribution is -1.94. The molecule has 0 aliphatic carbocycles. The number of nitrogens with zero attached hydrogens (tertiary/aromatic N) is 1. The van der Waals surface area contributed by atoms with Gasteiger partial charge in [-0.05, 0) is 48.7 Å². The van der Waals surface area contributed by atoms with Gasteiger partial charge in [0.15, 0.2) is 0 Å². The van der Waals surface area contributed by atoms with Crippen LogP contribution in [0.3, 0.4) is 0 Å². The molecule has 0 saturated carbocycles. The number of hydrogen-bond donors (Lipinski definition) is 1. The summed E-state index contributed by atoms with van der Waals surface area (Å²) in [6.45, 7) is 2.67. The van der Waals surface area contributed by atoms with Crippen molar-refractivity contribution in [3.05, 3.63) is 53.7 Å². The van der Waals surface area contributed by atoms with Crippen LogP contribution in [0.5, 0.6) is 5.75 Å². The Balaban J connectivity index is 2.08. The second-order valence-corrected chi connectivity index (χ2v) is 3.84. The summed E-state index contributed by atoms with van der Waals surface area (Å²) in [5.74, 6) is 1.47. The zero-order valence-corrected chi connectivity index (χ0v) is 9.89. The lowest BCUT2D eigenvalue weighted by molar-refractivity contribution is 0.340. The van der Waals surface area contributed by atoms with E-state index < -0.39 is 0 Å². The van der Waals surface area contributed by atoms with Gasteiger partial charge in [0, 0.05) is 6.20 Å². The molecular weight excluding hydrogens is 212 g/mol. The second kappa shape index (κ2) is 5.34. The Morgan fingerprint density at radius 3 is 2.53 bits per heavy atom. The molecular formula is C14H16N2O. The van der Waals surface area contributed by atoms with Gasteiger partial charge in [-0.2, -0.15) is 0 Å². The molecule has 0 saturated heterocycles. The summed E-state index contributed by atoms with van der Waals surface area (Å²) < 4.78 is 5.40. The maximum atomic E-state index is 5.64. The van der Waals surface area contributed by atoms with Crippen molar-refractivity contribution in [2.45, 2.75) is 13.3 Å². The van der Waals surface area contributed by atoms with Crippen LogP contribution in [0.1, 0.15) is 18.1 Å². The lowest BCUT2D eigenvalue weighted by Gasteiger charge is -2.05. The normalized spacial score (nSPS) is 10.2. The Labute approximate surface area is 101 Å². The molecule has 0 amide bonds. The van der Waals surface area contributed by atoms with Gasteiger partial charge in [-0.25, -0.2) is 4.98 Å². The van der Waals surface area contributed by atoms with Crippen LogP contribution < -0.4 is 10.5 Å². The summed E-state index contributed by atoms with van der Waals surface area (Å²) in [5, 5.41) is 0. The Hall–Kier alpha value is -2.03. The molecule has 88 valence electrons. The highest BCUT2D eigenvalue weighted by molar-refractivity contribution is 5.36. The van der Waals surface area contributed by atoms with Crippen molar-refractivity contribution in [1.29, 1.82) is 0 Å². The fourth-order valence-electron chi connectivity index (χ4n) is 1.71. The lowest BCUT2D eigenvalue weighted by atomic mass is 10.1. The smallest absolute Gasteiger partial charge is 0.123 e. The zero-order valence-electron chi connectivity index (χ0n) is 9.89. The Morgan fingerprint density at radius 2 is 1.88 bits per heavy atom. The third kappa shape index (κ3) is 3.21. The largest absolute Gasteiger partial charge is 0.494 e. The molecule has 1 aromatic heterocycles. The summed E-state index contributed by atoms with van der Waals surface area (Å²) in [6.07, 6.45) is 2.60. The van der Waals surface area contributed by atoms with Gasteiger partial charge in [0.05, 0.1) is 6.61 Å². The van der Waals surface area contributed by atoms with E-state index in [1.54, 1.807) is 6.20 Å². The Morgan fingerprint density at radius 1 is 1.12 bits per heavy atom. The average molecular weight is 228 g/mol. The molecule has 0 bridgehead atoms. The van der Waals surface area contributed by atoms with Gasteiger partial charge in [-0.3, -0.25) is 0 Å². The minimum atomic E-state index is 0.563. The standard InChI is InChI=1S/C14H16N2O/c1-2-17-13-5-3-11(4-6-13)9-12-7-8-16-14(15)10-12/h3-8,10H,2,9H2,1H3,(H2,15,16). The minimum Gasteiger partial charge on any atom is -0.494 e. The average Bonchev–Trinajstić information content (AvgIpc) is 2.32. The van der Waals surface area contributed by atoms with Crippen molar-refractivity contribution in [3.8, 4) is 5.75 Å². The van der Waals surface area contributed by atoms with Crippen molar-refractivity contribution < 1.29 is 4.74 Å². The quantitative estimate of drug-likeness (QED) is 0.875. The third-order valence-electron chi connectivity index (χ3n) is 2.49. The molecule has 2 N–H and O–H groups in total. The Bertz CT molecular complexity index is 480. The first-order valence-corrected chi connectivity index (χ1v) is 5.70. The number of anilines is 1. The van der Waals surface area contributed by atoms with E-state index in [4.69, 9.17) is 10.5 Å². The van der Waals surface area contributed by atoms with Gasteiger partial charge in [0.2, 0.25) is 0 Å². The summed E-state index contributed by atoms with van der Waals surface area (Å²) in [7, 11) is 0. The van der Waals surface area contributed by atoms with Crippen molar-refractivity contribution in [3.63, 3.8) is 0 Å². The van der Waals surface area contributed by atoms with E-state index in [9.17, 15) is 0 Å². The van der Waals surface area contributed by atoms with Gasteiger partial charge in [-0.1, -0.05) is 12.1 Å². The van der Waals surface area contributed by atoms with Gasteiger partial charge >= 0.3 is 0 Å². The first-order valence-electron chi connectivity index (χ1n) is 5.70. The van der Waals surface area contributed by atoms with Crippen LogP contribution >= 0.6 is 0 Å². The predicted molar refractivity (Wildman–Crippen MR) is 69.1 cm³/mol. The van der Waals surface area contributed by atoms with E-state index >= 15 is 0 Å². The summed E-state index contributed by atoms with van der Waals surface area (Å²) in [5.41, 5.74) is 8.05. The molecule has 0 fully saturated rings. The van der Waals surface area contributed by atoms with Crippen molar-refractivity contribution in [2.24, 2.45) is 0 Å². The number of benzene rings is 1. The predicted octanol–water partition coefficient (Wildman–Crippen LogP) is 2.65. The van der Waals surface area contributed by atoms with E-state index in [2.05, 4.69) is 17.1 Å². The van der Waals surface area contributed by atoms with Crippen molar-refractivity contribution in [2.75, 3.05) is 12.3 Å². The fourth-order valence-corrected chi connectivity index (χ4v) is 1.71. The number of nitrogen functional groups attached to an aromatic ring is 1. The number of rotatable bonds is 4. The molecule has 2 rings (SSSR count). The maximum Gasteiger partial charge on any atom is 0.123 e. The minimum absolute atomic E-state index is 0.563. The van der Waals surface area contributed by atoms with Crippen LogP contribution in [0.4, 0.5) is 5.82 Å². The number of pyridine rings is 1. The van der Waals surface area contributed by atoms with E-state index in [1.807, 2.05) is 31.2 Å². The SMILES string of the molecule is CCOc1ccc(Cc2ccnc(N)c2)cc1. The van der Waals surface area contributed by atoms with Crippen LogP contribution in [-0.4, -0.2) is 11.6 Å². The summed E-state index contributed by atoms with van der Waals surface area (Å²) in [6, 6.07) is 12.0. The monoisotopic (exact) mass is 228 g/mol. The first kappa shape index (κ1) is 11.5. The molecule has 17 heavy (non-hydrogen) atoms. The molecule has 0 unspecified atom stereocenters. The molecule has 0 aliphatic heterocycles. The van der Waals surface area contributed by atoms with Crippen LogP contribution in [0.15, 0.2) is 42.6 Å². The highest BCUT2D eigenvalue weighted by Crippen LogP contribution is 2.15. The zero-order chi connectivity index (χ0) is 12.1. The van der Waals surface area contributed by atoms with Gasteiger partial charge in [0.1, 0.15) is 11.6 Å². The highest BCUT2D eigenvalue weighted by Gasteiger charge is 1.98. The van der Waals surface area contributed by atoms with Crippen molar-refractivity contribution in [1.82, 2.24) is 4.98 Å². The van der Waals surface area contributed by atoms with Gasteiger partial charge < -0.3 is 10.5 Å². The van der Waals surface area contributed by atoms with Crippen LogP contribution in [0, 0.1) is 0 Å². The number of hydrogen-bond acceptors (Lipinski definition) is 3. The van der Waals surface area contributed by atoms with E-state index in [1.165, 1.54) is 11.1 Å². The molecule has 0 radical (unpaired) electrons. The second-order valence-electron chi connectivity index (χ2n) is 3.84. The molecule has 1 heterocycles. The summed E-state index contributed by atoms with van der Waals surface area (Å²) in [4.78, 5) is 3.98. The fraction of sp³-hybridized carbons (Fsp3) is 0.214. The summed E-state index contributed by atoms with van der Waals surface area (Å²) >= 11 is 0. The van der Waals surface area contributed by atoms with E-state index in [0.29, 0.717) is 12.4 Å².